The fourth-order valence-corrected chi connectivity index (χ4v) is 2.48. The molecule has 0 aliphatic rings. The third-order valence-electron chi connectivity index (χ3n) is 2.07. The van der Waals surface area contributed by atoms with Crippen molar-refractivity contribution in [3.05, 3.63) is 45.0 Å². The number of hydrogen-bond donors (Lipinski definition) is 2. The molecule has 6 nitrogen and oxygen atoms in total. The normalized spacial score (nSPS) is 10.4. The van der Waals surface area contributed by atoms with Crippen LogP contribution in [0.4, 0.5) is 0 Å². The van der Waals surface area contributed by atoms with Gasteiger partial charge < -0.3 is 10.1 Å². The van der Waals surface area contributed by atoms with Crippen LogP contribution in [0, 0.1) is 6.92 Å². The number of nitrogens with zero attached hydrogens (tertiary/aromatic N) is 2. The summed E-state index contributed by atoms with van der Waals surface area (Å²) in [4.78, 5) is 32.8. The van der Waals surface area contributed by atoms with Gasteiger partial charge in [-0.2, -0.15) is 0 Å². The monoisotopic (exact) mass is 297 g/mol. The van der Waals surface area contributed by atoms with Crippen LogP contribution in [0.1, 0.15) is 16.1 Å². The number of aromatic amines is 1. The van der Waals surface area contributed by atoms with Gasteiger partial charge in [0.15, 0.2) is 5.16 Å². The SMILES string of the molecule is Cc1cc(=O)[nH]c(Sc2cc(C(=O)O)cc(Cl)n2)n1. The molecule has 19 heavy (non-hydrogen) atoms. The topological polar surface area (TPSA) is 95.9 Å². The standard InChI is InChI=1S/C11H8ClN3O3S/c1-5-2-8(16)15-11(13-5)19-9-4-6(10(17)18)3-7(12)14-9/h2-4H,1H3,(H,17,18)(H,13,15,16). The number of carbonyl (C=O) groups is 1. The van der Waals surface area contributed by atoms with Gasteiger partial charge in [0.05, 0.1) is 5.56 Å². The van der Waals surface area contributed by atoms with E-state index in [0.717, 1.165) is 11.8 Å². The van der Waals surface area contributed by atoms with Crippen LogP contribution < -0.4 is 5.56 Å². The highest BCUT2D eigenvalue weighted by Crippen LogP contribution is 2.24. The van der Waals surface area contributed by atoms with Crippen molar-refractivity contribution < 1.29 is 9.90 Å². The van der Waals surface area contributed by atoms with Gasteiger partial charge in [-0.25, -0.2) is 14.8 Å². The Morgan fingerprint density at radius 3 is 2.74 bits per heavy atom. The summed E-state index contributed by atoms with van der Waals surface area (Å²) in [5.74, 6) is -1.10. The van der Waals surface area contributed by atoms with E-state index in [2.05, 4.69) is 15.0 Å². The minimum atomic E-state index is -1.10. The Morgan fingerprint density at radius 1 is 1.37 bits per heavy atom. The minimum absolute atomic E-state index is 0.0255. The maximum absolute atomic E-state index is 11.3. The summed E-state index contributed by atoms with van der Waals surface area (Å²) in [5.41, 5.74) is 0.305. The van der Waals surface area contributed by atoms with Gasteiger partial charge in [-0.3, -0.25) is 4.79 Å². The van der Waals surface area contributed by atoms with E-state index in [1.807, 2.05) is 0 Å². The lowest BCUT2D eigenvalue weighted by molar-refractivity contribution is 0.0696. The van der Waals surface area contributed by atoms with Gasteiger partial charge >= 0.3 is 5.97 Å². The van der Waals surface area contributed by atoms with Crippen LogP contribution in [0.5, 0.6) is 0 Å². The van der Waals surface area contributed by atoms with Crippen molar-refractivity contribution in [3.8, 4) is 0 Å². The van der Waals surface area contributed by atoms with Crippen LogP contribution in [0.15, 0.2) is 33.2 Å². The average molecular weight is 298 g/mol. The van der Waals surface area contributed by atoms with Crippen LogP contribution in [0.3, 0.4) is 0 Å². The summed E-state index contributed by atoms with van der Waals surface area (Å²) >= 11 is 6.78. The lowest BCUT2D eigenvalue weighted by atomic mass is 10.3. The molecule has 2 rings (SSSR count). The Hall–Kier alpha value is -1.86. The van der Waals surface area contributed by atoms with Crippen molar-refractivity contribution in [3.63, 3.8) is 0 Å². The smallest absolute Gasteiger partial charge is 0.335 e. The Balaban J connectivity index is 2.37. The second-order valence-corrected chi connectivity index (χ2v) is 5.01. The number of H-pyrrole nitrogens is 1. The first-order valence-corrected chi connectivity index (χ1v) is 6.30. The molecule has 0 radical (unpaired) electrons. The molecule has 0 aromatic carbocycles. The number of rotatable bonds is 3. The van der Waals surface area contributed by atoms with E-state index in [0.29, 0.717) is 15.9 Å². The molecule has 2 aromatic heterocycles. The summed E-state index contributed by atoms with van der Waals surface area (Å²) in [5, 5.41) is 9.66. The predicted octanol–water partition coefficient (Wildman–Crippen LogP) is 1.98. The van der Waals surface area contributed by atoms with Gasteiger partial charge in [0.2, 0.25) is 0 Å². The molecule has 0 atom stereocenters. The average Bonchev–Trinajstić information content (AvgIpc) is 2.26. The van der Waals surface area contributed by atoms with Crippen molar-refractivity contribution in [1.82, 2.24) is 15.0 Å². The van der Waals surface area contributed by atoms with Gasteiger partial charge in [-0.1, -0.05) is 11.6 Å². The number of halogens is 1. The van der Waals surface area contributed by atoms with E-state index >= 15 is 0 Å². The molecule has 2 aromatic rings. The number of aryl methyl sites for hydroxylation is 1. The van der Waals surface area contributed by atoms with Gasteiger partial charge in [-0.05, 0) is 30.8 Å². The van der Waals surface area contributed by atoms with E-state index < -0.39 is 5.97 Å². The Labute approximate surface area is 116 Å². The number of aromatic nitrogens is 3. The van der Waals surface area contributed by atoms with E-state index in [1.54, 1.807) is 6.92 Å². The van der Waals surface area contributed by atoms with Crippen molar-refractivity contribution in [2.75, 3.05) is 0 Å². The number of aromatic carboxylic acids is 1. The van der Waals surface area contributed by atoms with E-state index in [4.69, 9.17) is 16.7 Å². The number of carboxylic acids is 1. The van der Waals surface area contributed by atoms with Crippen LogP contribution in [-0.2, 0) is 0 Å². The molecule has 0 bridgehead atoms. The number of nitrogens with one attached hydrogen (secondary N) is 1. The maximum Gasteiger partial charge on any atom is 0.335 e. The fraction of sp³-hybridized carbons (Fsp3) is 0.0909. The predicted molar refractivity (Wildman–Crippen MR) is 69.9 cm³/mol. The Kier molecular flexibility index (Phi) is 3.87. The van der Waals surface area contributed by atoms with Crippen molar-refractivity contribution in [1.29, 1.82) is 0 Å². The molecule has 0 aliphatic heterocycles. The summed E-state index contributed by atoms with van der Waals surface area (Å²) in [6, 6.07) is 3.97. The molecule has 2 N–H and O–H groups in total. The van der Waals surface area contributed by atoms with Crippen LogP contribution in [0.25, 0.3) is 0 Å². The third kappa shape index (κ3) is 3.55. The summed E-state index contributed by atoms with van der Waals surface area (Å²) in [6.45, 7) is 1.69. The molecule has 0 unspecified atom stereocenters. The van der Waals surface area contributed by atoms with E-state index in [-0.39, 0.29) is 16.3 Å². The van der Waals surface area contributed by atoms with Crippen molar-refractivity contribution in [2.45, 2.75) is 17.1 Å². The molecular formula is C11H8ClN3O3S. The van der Waals surface area contributed by atoms with Crippen molar-refractivity contribution >= 4 is 29.3 Å². The first kappa shape index (κ1) is 13.6. The lowest BCUT2D eigenvalue weighted by Crippen LogP contribution is -2.08. The zero-order valence-corrected chi connectivity index (χ0v) is 11.2. The molecule has 0 aliphatic carbocycles. The fourth-order valence-electron chi connectivity index (χ4n) is 1.35. The summed E-state index contributed by atoms with van der Waals surface area (Å²) in [7, 11) is 0. The van der Waals surface area contributed by atoms with Gasteiger partial charge in [-0.15, -0.1) is 0 Å². The van der Waals surface area contributed by atoms with Gasteiger partial charge in [0.25, 0.3) is 5.56 Å². The molecule has 0 amide bonds. The largest absolute Gasteiger partial charge is 0.478 e. The molecule has 98 valence electrons. The van der Waals surface area contributed by atoms with Crippen LogP contribution in [0.2, 0.25) is 5.15 Å². The maximum atomic E-state index is 11.3. The zero-order chi connectivity index (χ0) is 14.0. The zero-order valence-electron chi connectivity index (χ0n) is 9.68. The highest BCUT2D eigenvalue weighted by atomic mass is 35.5. The summed E-state index contributed by atoms with van der Waals surface area (Å²) in [6.07, 6.45) is 0. The molecule has 0 saturated carbocycles. The van der Waals surface area contributed by atoms with Crippen LogP contribution >= 0.6 is 23.4 Å². The van der Waals surface area contributed by atoms with E-state index in [9.17, 15) is 9.59 Å². The second kappa shape index (κ2) is 5.41. The first-order valence-electron chi connectivity index (χ1n) is 5.11. The first-order chi connectivity index (χ1) is 8.94. The highest BCUT2D eigenvalue weighted by Gasteiger charge is 2.10. The highest BCUT2D eigenvalue weighted by molar-refractivity contribution is 7.99. The third-order valence-corrected chi connectivity index (χ3v) is 3.07. The van der Waals surface area contributed by atoms with Crippen LogP contribution in [-0.4, -0.2) is 26.0 Å². The van der Waals surface area contributed by atoms with Gasteiger partial charge in [0.1, 0.15) is 10.2 Å². The van der Waals surface area contributed by atoms with E-state index in [1.165, 1.54) is 18.2 Å². The second-order valence-electron chi connectivity index (χ2n) is 3.62. The molecule has 0 spiro atoms. The number of pyridine rings is 1. The van der Waals surface area contributed by atoms with Crippen molar-refractivity contribution in [2.24, 2.45) is 0 Å². The molecule has 0 saturated heterocycles. The molecule has 8 heteroatoms. The Morgan fingerprint density at radius 2 is 2.11 bits per heavy atom. The quantitative estimate of drug-likeness (QED) is 0.664. The lowest BCUT2D eigenvalue weighted by Gasteiger charge is -2.03. The van der Waals surface area contributed by atoms with Gasteiger partial charge in [0, 0.05) is 11.8 Å². The number of carboxylic acid groups (broad SMARTS) is 1. The summed E-state index contributed by atoms with van der Waals surface area (Å²) < 4.78 is 0. The number of hydrogen-bond acceptors (Lipinski definition) is 5. The minimum Gasteiger partial charge on any atom is -0.478 e. The molecule has 0 fully saturated rings. The Bertz CT molecular complexity index is 702. The molecular weight excluding hydrogens is 290 g/mol. The molecule has 2 heterocycles.